The minimum atomic E-state index is -0.190. The first-order valence-electron chi connectivity index (χ1n) is 4.53. The number of nitrogens with two attached hydrogens (primary N) is 1. The fourth-order valence-electron chi connectivity index (χ4n) is 0.916. The summed E-state index contributed by atoms with van der Waals surface area (Å²) in [5, 5.41) is 0. The zero-order valence-electron chi connectivity index (χ0n) is 8.17. The molecule has 0 aromatic heterocycles. The molecule has 0 bridgehead atoms. The maximum atomic E-state index is 11.0. The van der Waals surface area contributed by atoms with Crippen LogP contribution in [0.3, 0.4) is 0 Å². The Morgan fingerprint density at radius 1 is 1.50 bits per heavy atom. The average molecular weight is 173 g/mol. The van der Waals surface area contributed by atoms with Crippen LogP contribution in [0.4, 0.5) is 0 Å². The van der Waals surface area contributed by atoms with E-state index in [1.165, 1.54) is 0 Å². The Morgan fingerprint density at radius 3 is 2.50 bits per heavy atom. The summed E-state index contributed by atoms with van der Waals surface area (Å²) in [6, 6.07) is -0.0611. The van der Waals surface area contributed by atoms with Crippen LogP contribution in [0.15, 0.2) is 0 Å². The van der Waals surface area contributed by atoms with Gasteiger partial charge in [0.25, 0.3) is 0 Å². The van der Waals surface area contributed by atoms with E-state index in [0.717, 1.165) is 6.42 Å². The number of carbonyl (C=O) groups is 1. The lowest BCUT2D eigenvalue weighted by Crippen LogP contribution is -2.31. The second kappa shape index (κ2) is 6.00. The van der Waals surface area contributed by atoms with Gasteiger partial charge in [-0.1, -0.05) is 20.3 Å². The maximum absolute atomic E-state index is 11.0. The summed E-state index contributed by atoms with van der Waals surface area (Å²) in [7, 11) is 0. The molecule has 0 saturated heterocycles. The van der Waals surface area contributed by atoms with E-state index in [4.69, 9.17) is 10.5 Å². The minimum Gasteiger partial charge on any atom is -0.466 e. The Hall–Kier alpha value is -0.570. The lowest BCUT2D eigenvalue weighted by atomic mass is 9.97. The van der Waals surface area contributed by atoms with Crippen molar-refractivity contribution >= 4 is 5.97 Å². The summed E-state index contributed by atoms with van der Waals surface area (Å²) in [5.41, 5.74) is 5.76. The van der Waals surface area contributed by atoms with Crippen molar-refractivity contribution in [2.75, 3.05) is 6.61 Å². The molecule has 2 N–H and O–H groups in total. The Balaban J connectivity index is 3.67. The third kappa shape index (κ3) is 4.34. The molecule has 0 aromatic carbocycles. The molecule has 0 fully saturated rings. The van der Waals surface area contributed by atoms with Crippen LogP contribution < -0.4 is 5.73 Å². The van der Waals surface area contributed by atoms with Crippen molar-refractivity contribution < 1.29 is 9.53 Å². The van der Waals surface area contributed by atoms with Crippen molar-refractivity contribution in [2.24, 2.45) is 11.7 Å². The summed E-state index contributed by atoms with van der Waals surface area (Å²) in [6.07, 6.45) is 1.34. The molecule has 72 valence electrons. The Bertz CT molecular complexity index is 136. The van der Waals surface area contributed by atoms with E-state index in [1.54, 1.807) is 6.92 Å². The van der Waals surface area contributed by atoms with Crippen LogP contribution in [0.2, 0.25) is 0 Å². The van der Waals surface area contributed by atoms with Gasteiger partial charge < -0.3 is 10.5 Å². The third-order valence-electron chi connectivity index (χ3n) is 2.08. The van der Waals surface area contributed by atoms with Crippen LogP contribution in [0.5, 0.6) is 0 Å². The van der Waals surface area contributed by atoms with E-state index in [1.807, 2.05) is 6.92 Å². The molecule has 3 nitrogen and oxygen atoms in total. The van der Waals surface area contributed by atoms with E-state index in [9.17, 15) is 4.79 Å². The highest BCUT2D eigenvalue weighted by Crippen LogP contribution is 2.08. The van der Waals surface area contributed by atoms with Gasteiger partial charge in [0.15, 0.2) is 0 Å². The quantitative estimate of drug-likeness (QED) is 0.638. The molecular formula is C9H19NO2. The monoisotopic (exact) mass is 173 g/mol. The van der Waals surface area contributed by atoms with E-state index in [-0.39, 0.29) is 12.0 Å². The Kier molecular flexibility index (Phi) is 5.72. The van der Waals surface area contributed by atoms with Crippen molar-refractivity contribution in [2.45, 2.75) is 39.7 Å². The summed E-state index contributed by atoms with van der Waals surface area (Å²) in [6.45, 7) is 6.35. The van der Waals surface area contributed by atoms with Crippen molar-refractivity contribution in [1.82, 2.24) is 0 Å². The first-order valence-corrected chi connectivity index (χ1v) is 4.53. The van der Waals surface area contributed by atoms with Gasteiger partial charge in [0, 0.05) is 6.04 Å². The smallest absolute Gasteiger partial charge is 0.307 e. The predicted molar refractivity (Wildman–Crippen MR) is 48.7 cm³/mol. The molecule has 0 saturated carbocycles. The van der Waals surface area contributed by atoms with Gasteiger partial charge in [-0.3, -0.25) is 4.79 Å². The number of carbonyl (C=O) groups excluding carboxylic acids is 1. The van der Waals surface area contributed by atoms with Crippen LogP contribution in [-0.4, -0.2) is 18.6 Å². The van der Waals surface area contributed by atoms with Crippen LogP contribution >= 0.6 is 0 Å². The molecule has 2 unspecified atom stereocenters. The van der Waals surface area contributed by atoms with Gasteiger partial charge in [0.05, 0.1) is 13.0 Å². The molecule has 0 heterocycles. The molecule has 0 aromatic rings. The molecule has 0 amide bonds. The van der Waals surface area contributed by atoms with Crippen LogP contribution in [0.1, 0.15) is 33.6 Å². The topological polar surface area (TPSA) is 52.3 Å². The molecular weight excluding hydrogens is 154 g/mol. The fraction of sp³-hybridized carbons (Fsp3) is 0.889. The van der Waals surface area contributed by atoms with Crippen molar-refractivity contribution in [3.05, 3.63) is 0 Å². The maximum Gasteiger partial charge on any atom is 0.307 e. The normalized spacial score (nSPS) is 15.3. The SMILES string of the molecule is CCOC(=O)CC(N)C(C)CC. The highest BCUT2D eigenvalue weighted by atomic mass is 16.5. The zero-order chi connectivity index (χ0) is 9.56. The van der Waals surface area contributed by atoms with E-state index < -0.39 is 0 Å². The third-order valence-corrected chi connectivity index (χ3v) is 2.08. The largest absolute Gasteiger partial charge is 0.466 e. The average Bonchev–Trinajstić information content (AvgIpc) is 2.03. The van der Waals surface area contributed by atoms with Crippen LogP contribution in [-0.2, 0) is 9.53 Å². The molecule has 0 radical (unpaired) electrons. The summed E-state index contributed by atoms with van der Waals surface area (Å²) >= 11 is 0. The van der Waals surface area contributed by atoms with Crippen molar-refractivity contribution in [3.8, 4) is 0 Å². The zero-order valence-corrected chi connectivity index (χ0v) is 8.17. The van der Waals surface area contributed by atoms with Gasteiger partial charge in [0.2, 0.25) is 0 Å². The first kappa shape index (κ1) is 11.4. The lowest BCUT2D eigenvalue weighted by Gasteiger charge is -2.16. The molecule has 12 heavy (non-hydrogen) atoms. The van der Waals surface area contributed by atoms with Crippen molar-refractivity contribution in [3.63, 3.8) is 0 Å². The molecule has 0 spiro atoms. The molecule has 2 atom stereocenters. The van der Waals surface area contributed by atoms with Gasteiger partial charge in [-0.15, -0.1) is 0 Å². The van der Waals surface area contributed by atoms with Crippen molar-refractivity contribution in [1.29, 1.82) is 0 Å². The van der Waals surface area contributed by atoms with Gasteiger partial charge in [-0.05, 0) is 12.8 Å². The second-order valence-electron chi connectivity index (χ2n) is 3.06. The van der Waals surface area contributed by atoms with Crippen LogP contribution in [0, 0.1) is 5.92 Å². The van der Waals surface area contributed by atoms with Gasteiger partial charge >= 0.3 is 5.97 Å². The first-order chi connectivity index (χ1) is 5.61. The summed E-state index contributed by atoms with van der Waals surface area (Å²) < 4.78 is 4.79. The van der Waals surface area contributed by atoms with E-state index in [2.05, 4.69) is 6.92 Å². The molecule has 0 aliphatic carbocycles. The van der Waals surface area contributed by atoms with Crippen LogP contribution in [0.25, 0.3) is 0 Å². The Morgan fingerprint density at radius 2 is 2.08 bits per heavy atom. The van der Waals surface area contributed by atoms with Gasteiger partial charge in [0.1, 0.15) is 0 Å². The Labute approximate surface area is 74.3 Å². The number of rotatable bonds is 5. The number of esters is 1. The molecule has 3 heteroatoms. The second-order valence-corrected chi connectivity index (χ2v) is 3.06. The van der Waals surface area contributed by atoms with E-state index >= 15 is 0 Å². The highest BCUT2D eigenvalue weighted by molar-refractivity contribution is 5.70. The number of hydrogen-bond acceptors (Lipinski definition) is 3. The lowest BCUT2D eigenvalue weighted by molar-refractivity contribution is -0.143. The van der Waals surface area contributed by atoms with E-state index in [0.29, 0.717) is 18.9 Å². The minimum absolute atomic E-state index is 0.0611. The van der Waals surface area contributed by atoms with Gasteiger partial charge in [-0.25, -0.2) is 0 Å². The summed E-state index contributed by atoms with van der Waals surface area (Å²) in [4.78, 5) is 11.0. The standard InChI is InChI=1S/C9H19NO2/c1-4-7(3)8(10)6-9(11)12-5-2/h7-8H,4-6,10H2,1-3H3. The molecule has 0 aliphatic heterocycles. The van der Waals surface area contributed by atoms with Gasteiger partial charge in [-0.2, -0.15) is 0 Å². The highest BCUT2D eigenvalue weighted by Gasteiger charge is 2.15. The predicted octanol–water partition coefficient (Wildman–Crippen LogP) is 1.31. The molecule has 0 rings (SSSR count). The molecule has 0 aliphatic rings. The number of ether oxygens (including phenoxy) is 1. The number of hydrogen-bond donors (Lipinski definition) is 1. The fourth-order valence-corrected chi connectivity index (χ4v) is 0.916. The summed E-state index contributed by atoms with van der Waals surface area (Å²) in [5.74, 6) is 0.194.